The number of carbonyl (C=O) groups excluding carboxylic acids is 1. The average molecular weight is 526 g/mol. The first-order valence-corrected chi connectivity index (χ1v) is 13.2. The van der Waals surface area contributed by atoms with E-state index in [1.165, 1.54) is 0 Å². The predicted molar refractivity (Wildman–Crippen MR) is 154 cm³/mol. The number of rotatable bonds is 9. The van der Waals surface area contributed by atoms with Gasteiger partial charge in [0.05, 0.1) is 24.9 Å². The van der Waals surface area contributed by atoms with Crippen LogP contribution >= 0.6 is 12.2 Å². The molecular weight excluding hydrogens is 494 g/mol. The molecule has 2 N–H and O–H groups in total. The molecule has 7 nitrogen and oxygen atoms in total. The maximum Gasteiger partial charge on any atom is 0.226 e. The number of aryl methyl sites for hydroxylation is 1. The first-order chi connectivity index (χ1) is 18.6. The van der Waals surface area contributed by atoms with Crippen LogP contribution in [-0.2, 0) is 11.2 Å². The molecule has 0 aliphatic carbocycles. The van der Waals surface area contributed by atoms with Gasteiger partial charge < -0.3 is 24.8 Å². The van der Waals surface area contributed by atoms with E-state index >= 15 is 0 Å². The van der Waals surface area contributed by atoms with E-state index < -0.39 is 0 Å². The number of nitrogens with zero attached hydrogens (tertiary/aromatic N) is 3. The third-order valence-corrected chi connectivity index (χ3v) is 7.24. The second-order valence-corrected chi connectivity index (χ2v) is 9.52. The Hall–Kier alpha value is -4.17. The number of aromatic nitrogens is 2. The SMILES string of the molecule is CCc1ccccc1NC(=O)CCN1C(=S)NC(c2ccccn2)C1c1cccn1-c1ccc(OC)cc1. The van der Waals surface area contributed by atoms with Gasteiger partial charge in [-0.15, -0.1) is 0 Å². The quantitative estimate of drug-likeness (QED) is 0.284. The fourth-order valence-corrected chi connectivity index (χ4v) is 5.30. The Kier molecular flexibility index (Phi) is 7.70. The Morgan fingerprint density at radius 2 is 1.84 bits per heavy atom. The van der Waals surface area contributed by atoms with Gasteiger partial charge in [-0.25, -0.2) is 0 Å². The molecule has 1 fully saturated rings. The number of nitrogens with one attached hydrogen (secondary N) is 2. The lowest BCUT2D eigenvalue weighted by atomic mass is 10.0. The first-order valence-electron chi connectivity index (χ1n) is 12.8. The Morgan fingerprint density at radius 1 is 1.05 bits per heavy atom. The van der Waals surface area contributed by atoms with Crippen molar-refractivity contribution < 1.29 is 9.53 Å². The van der Waals surface area contributed by atoms with Crippen LogP contribution in [0.1, 0.15) is 42.4 Å². The van der Waals surface area contributed by atoms with Crippen LogP contribution in [0.5, 0.6) is 5.75 Å². The molecule has 1 amide bonds. The van der Waals surface area contributed by atoms with Crippen molar-refractivity contribution in [2.45, 2.75) is 31.8 Å². The molecule has 1 aliphatic rings. The summed E-state index contributed by atoms with van der Waals surface area (Å²) in [5.74, 6) is 0.758. The van der Waals surface area contributed by atoms with E-state index in [1.54, 1.807) is 13.3 Å². The number of hydrogen-bond donors (Lipinski definition) is 2. The van der Waals surface area contributed by atoms with Crippen LogP contribution < -0.4 is 15.4 Å². The molecule has 2 atom stereocenters. The van der Waals surface area contributed by atoms with Gasteiger partial charge in [0.1, 0.15) is 5.75 Å². The number of benzene rings is 2. The summed E-state index contributed by atoms with van der Waals surface area (Å²) in [4.78, 5) is 19.7. The molecule has 0 bridgehead atoms. The van der Waals surface area contributed by atoms with Crippen LogP contribution in [0.2, 0.25) is 0 Å². The van der Waals surface area contributed by atoms with Gasteiger partial charge in [-0.2, -0.15) is 0 Å². The van der Waals surface area contributed by atoms with E-state index in [0.29, 0.717) is 18.1 Å². The summed E-state index contributed by atoms with van der Waals surface area (Å²) in [6.45, 7) is 2.55. The average Bonchev–Trinajstić information content (AvgIpc) is 3.57. The molecular formula is C30H31N5O2S. The number of methoxy groups -OCH3 is 1. The first kappa shape index (κ1) is 25.5. The van der Waals surface area contributed by atoms with Crippen molar-refractivity contribution in [3.63, 3.8) is 0 Å². The highest BCUT2D eigenvalue weighted by Crippen LogP contribution is 2.39. The zero-order chi connectivity index (χ0) is 26.5. The monoisotopic (exact) mass is 525 g/mol. The molecule has 0 saturated carbocycles. The molecule has 8 heteroatoms. The summed E-state index contributed by atoms with van der Waals surface area (Å²) in [5.41, 5.74) is 4.93. The van der Waals surface area contributed by atoms with Crippen LogP contribution in [0.25, 0.3) is 5.69 Å². The Labute approximate surface area is 228 Å². The van der Waals surface area contributed by atoms with Crippen LogP contribution in [-0.4, -0.2) is 39.1 Å². The molecule has 2 aromatic heterocycles. The van der Waals surface area contributed by atoms with E-state index in [-0.39, 0.29) is 18.0 Å². The van der Waals surface area contributed by atoms with E-state index in [4.69, 9.17) is 17.0 Å². The van der Waals surface area contributed by atoms with Crippen molar-refractivity contribution in [2.24, 2.45) is 0 Å². The number of carbonyl (C=O) groups is 1. The molecule has 194 valence electrons. The highest BCUT2D eigenvalue weighted by atomic mass is 32.1. The van der Waals surface area contributed by atoms with Crippen LogP contribution in [0, 0.1) is 0 Å². The molecule has 2 aromatic carbocycles. The van der Waals surface area contributed by atoms with Gasteiger partial charge >= 0.3 is 0 Å². The van der Waals surface area contributed by atoms with Gasteiger partial charge in [-0.05, 0) is 78.8 Å². The lowest BCUT2D eigenvalue weighted by Gasteiger charge is -2.29. The Bertz CT molecular complexity index is 1400. The number of thiocarbonyl (C=S) groups is 1. The minimum atomic E-state index is -0.167. The molecule has 5 rings (SSSR count). The minimum absolute atomic E-state index is 0.0423. The standard InChI is InChI=1S/C30H31N5O2S/c1-3-21-9-4-5-10-24(21)32-27(36)17-20-35-29(28(33-30(35)38)25-11-6-7-18-31-25)26-12-8-19-34(26)22-13-15-23(37-2)16-14-22/h4-16,18-19,28-29H,3,17,20H2,1-2H3,(H,32,36)(H,33,38). The van der Waals surface area contributed by atoms with Crippen LogP contribution in [0.3, 0.4) is 0 Å². The number of hydrogen-bond acceptors (Lipinski definition) is 4. The molecule has 2 unspecified atom stereocenters. The van der Waals surface area contributed by atoms with Crippen molar-refractivity contribution in [3.8, 4) is 11.4 Å². The summed E-state index contributed by atoms with van der Waals surface area (Å²) in [7, 11) is 1.66. The number of amides is 1. The molecule has 4 aromatic rings. The van der Waals surface area contributed by atoms with E-state index in [1.807, 2.05) is 79.0 Å². The minimum Gasteiger partial charge on any atom is -0.497 e. The lowest BCUT2D eigenvalue weighted by molar-refractivity contribution is -0.116. The maximum absolute atomic E-state index is 13.0. The van der Waals surface area contributed by atoms with E-state index in [9.17, 15) is 4.79 Å². The summed E-state index contributed by atoms with van der Waals surface area (Å²) in [6, 6.07) is 25.6. The maximum atomic E-state index is 13.0. The van der Waals surface area contributed by atoms with Crippen molar-refractivity contribution >= 4 is 28.9 Å². The van der Waals surface area contributed by atoms with Crippen molar-refractivity contribution in [2.75, 3.05) is 19.0 Å². The zero-order valence-corrected chi connectivity index (χ0v) is 22.3. The number of para-hydroxylation sites is 1. The second kappa shape index (κ2) is 11.5. The predicted octanol–water partition coefficient (Wildman–Crippen LogP) is 5.44. The smallest absolute Gasteiger partial charge is 0.226 e. The summed E-state index contributed by atoms with van der Waals surface area (Å²) in [6.07, 6.45) is 4.99. The number of anilines is 1. The number of pyridine rings is 1. The fourth-order valence-electron chi connectivity index (χ4n) is 4.97. The molecule has 0 radical (unpaired) electrons. The van der Waals surface area contributed by atoms with Crippen LogP contribution in [0.4, 0.5) is 5.69 Å². The normalized spacial score (nSPS) is 16.8. The van der Waals surface area contributed by atoms with Gasteiger partial charge in [0.25, 0.3) is 0 Å². The topological polar surface area (TPSA) is 71.4 Å². The fraction of sp³-hybridized carbons (Fsp3) is 0.233. The third kappa shape index (κ3) is 5.26. The summed E-state index contributed by atoms with van der Waals surface area (Å²) in [5, 5.41) is 7.17. The molecule has 3 heterocycles. The second-order valence-electron chi connectivity index (χ2n) is 9.13. The lowest BCUT2D eigenvalue weighted by Crippen LogP contribution is -2.33. The molecule has 1 saturated heterocycles. The number of ether oxygens (including phenoxy) is 1. The van der Waals surface area contributed by atoms with Crippen LogP contribution in [0.15, 0.2) is 91.3 Å². The molecule has 0 spiro atoms. The molecule has 1 aliphatic heterocycles. The largest absolute Gasteiger partial charge is 0.497 e. The highest BCUT2D eigenvalue weighted by molar-refractivity contribution is 7.80. The van der Waals surface area contributed by atoms with Gasteiger partial charge in [-0.1, -0.05) is 31.2 Å². The van der Waals surface area contributed by atoms with Gasteiger partial charge in [0.2, 0.25) is 5.91 Å². The van der Waals surface area contributed by atoms with E-state index in [2.05, 4.69) is 38.1 Å². The van der Waals surface area contributed by atoms with E-state index in [0.717, 1.165) is 40.5 Å². The van der Waals surface area contributed by atoms with Crippen molar-refractivity contribution in [3.05, 3.63) is 108 Å². The van der Waals surface area contributed by atoms with Crippen molar-refractivity contribution in [1.29, 1.82) is 0 Å². The van der Waals surface area contributed by atoms with Gasteiger partial charge in [0.15, 0.2) is 5.11 Å². The van der Waals surface area contributed by atoms with Gasteiger partial charge in [0, 0.05) is 42.4 Å². The summed E-state index contributed by atoms with van der Waals surface area (Å²) < 4.78 is 7.50. The highest BCUT2D eigenvalue weighted by Gasteiger charge is 2.41. The summed E-state index contributed by atoms with van der Waals surface area (Å²) >= 11 is 5.81. The Balaban J connectivity index is 1.43. The zero-order valence-electron chi connectivity index (χ0n) is 21.5. The molecule has 38 heavy (non-hydrogen) atoms. The van der Waals surface area contributed by atoms with Crippen molar-refractivity contribution in [1.82, 2.24) is 19.8 Å². The Morgan fingerprint density at radius 3 is 2.58 bits per heavy atom. The van der Waals surface area contributed by atoms with Gasteiger partial charge in [-0.3, -0.25) is 9.78 Å². The third-order valence-electron chi connectivity index (χ3n) is 6.88.